The molecule has 1 saturated heterocycles. The van der Waals surface area contributed by atoms with E-state index in [2.05, 4.69) is 5.32 Å². The highest BCUT2D eigenvalue weighted by atomic mass is 16.5. The van der Waals surface area contributed by atoms with Crippen LogP contribution in [0.1, 0.15) is 44.1 Å². The quantitative estimate of drug-likeness (QED) is 0.821. The van der Waals surface area contributed by atoms with E-state index < -0.39 is 11.9 Å². The average Bonchev–Trinajstić information content (AvgIpc) is 3.04. The number of rotatable bonds is 5. The highest BCUT2D eigenvalue weighted by Gasteiger charge is 2.39. The summed E-state index contributed by atoms with van der Waals surface area (Å²) in [7, 11) is 0. The number of carbonyl (C=O) groups is 3. The summed E-state index contributed by atoms with van der Waals surface area (Å²) in [4.78, 5) is 38.3. The molecule has 0 spiro atoms. The van der Waals surface area contributed by atoms with Gasteiger partial charge in [0.05, 0.1) is 5.92 Å². The molecule has 0 radical (unpaired) electrons. The smallest absolute Gasteiger partial charge is 0.311 e. The Hall–Kier alpha value is -2.37. The fourth-order valence-electron chi connectivity index (χ4n) is 3.79. The number of hydrogen-bond acceptors (Lipinski definition) is 4. The monoisotopic (exact) mass is 358 g/mol. The van der Waals surface area contributed by atoms with E-state index in [0.717, 1.165) is 31.2 Å². The van der Waals surface area contributed by atoms with E-state index in [9.17, 15) is 14.4 Å². The number of amides is 2. The second-order valence-corrected chi connectivity index (χ2v) is 7.21. The molecule has 1 saturated carbocycles. The Morgan fingerprint density at radius 1 is 1.19 bits per heavy atom. The number of esters is 1. The second-order valence-electron chi connectivity index (χ2n) is 7.21. The fourth-order valence-corrected chi connectivity index (χ4v) is 3.79. The van der Waals surface area contributed by atoms with Crippen molar-refractivity contribution in [3.8, 4) is 0 Å². The summed E-state index contributed by atoms with van der Waals surface area (Å²) in [5.41, 5.74) is 1.64. The average molecular weight is 358 g/mol. The third kappa shape index (κ3) is 4.42. The lowest BCUT2D eigenvalue weighted by molar-refractivity contribution is -0.151. The normalized spacial score (nSPS) is 20.9. The van der Waals surface area contributed by atoms with Crippen molar-refractivity contribution in [3.05, 3.63) is 29.8 Å². The van der Waals surface area contributed by atoms with Gasteiger partial charge in [-0.05, 0) is 31.4 Å². The van der Waals surface area contributed by atoms with Crippen LogP contribution < -0.4 is 5.32 Å². The predicted molar refractivity (Wildman–Crippen MR) is 97.5 cm³/mol. The molecule has 6 heteroatoms. The van der Waals surface area contributed by atoms with Gasteiger partial charge in [-0.25, -0.2) is 0 Å². The van der Waals surface area contributed by atoms with E-state index in [1.807, 2.05) is 30.0 Å². The molecular formula is C20H26N2O4. The van der Waals surface area contributed by atoms with E-state index in [1.165, 1.54) is 6.42 Å². The lowest BCUT2D eigenvalue weighted by Crippen LogP contribution is -2.38. The summed E-state index contributed by atoms with van der Waals surface area (Å²) in [5, 5.41) is 2.73. The largest absolute Gasteiger partial charge is 0.455 e. The van der Waals surface area contributed by atoms with Crippen LogP contribution in [0.2, 0.25) is 0 Å². The fraction of sp³-hybridized carbons (Fsp3) is 0.550. The molecule has 1 atom stereocenters. The van der Waals surface area contributed by atoms with Crippen LogP contribution in [0.3, 0.4) is 0 Å². The van der Waals surface area contributed by atoms with Gasteiger partial charge in [-0.1, -0.05) is 37.5 Å². The topological polar surface area (TPSA) is 75.7 Å². The first kappa shape index (κ1) is 18.4. The molecule has 0 unspecified atom stereocenters. The highest BCUT2D eigenvalue weighted by molar-refractivity contribution is 5.94. The van der Waals surface area contributed by atoms with E-state index in [-0.39, 0.29) is 30.9 Å². The number of nitrogens with zero attached hydrogens (tertiary/aromatic N) is 1. The number of para-hydroxylation sites is 1. The summed E-state index contributed by atoms with van der Waals surface area (Å²) in [6, 6.07) is 7.68. The van der Waals surface area contributed by atoms with Crippen molar-refractivity contribution in [2.24, 2.45) is 5.92 Å². The molecule has 1 aliphatic heterocycles. The standard InChI is InChI=1S/C20H26N2O4/c1-14-7-5-6-10-17(14)21-18(23)13-26-20(25)15-11-19(24)22(12-15)16-8-3-2-4-9-16/h5-7,10,15-16H,2-4,8-9,11-13H2,1H3,(H,21,23)/t15-/m1/s1. The Morgan fingerprint density at radius 3 is 2.65 bits per heavy atom. The third-order valence-corrected chi connectivity index (χ3v) is 5.27. The molecule has 1 N–H and O–H groups in total. The Balaban J connectivity index is 1.47. The molecule has 26 heavy (non-hydrogen) atoms. The van der Waals surface area contributed by atoms with E-state index in [0.29, 0.717) is 12.2 Å². The third-order valence-electron chi connectivity index (χ3n) is 5.27. The molecule has 3 rings (SSSR count). The maximum atomic E-state index is 12.3. The van der Waals surface area contributed by atoms with Gasteiger partial charge in [-0.3, -0.25) is 14.4 Å². The van der Waals surface area contributed by atoms with Crippen molar-refractivity contribution in [1.82, 2.24) is 4.90 Å². The van der Waals surface area contributed by atoms with Crippen molar-refractivity contribution >= 4 is 23.5 Å². The van der Waals surface area contributed by atoms with Crippen LogP contribution >= 0.6 is 0 Å². The van der Waals surface area contributed by atoms with E-state index >= 15 is 0 Å². The number of nitrogens with one attached hydrogen (secondary N) is 1. The van der Waals surface area contributed by atoms with Gasteiger partial charge in [-0.15, -0.1) is 0 Å². The first-order valence-corrected chi connectivity index (χ1v) is 9.36. The molecule has 2 aliphatic rings. The van der Waals surface area contributed by atoms with Gasteiger partial charge in [0.1, 0.15) is 0 Å². The number of likely N-dealkylation sites (tertiary alicyclic amines) is 1. The summed E-state index contributed by atoms with van der Waals surface area (Å²) in [6.45, 7) is 1.98. The Labute approximate surface area is 153 Å². The summed E-state index contributed by atoms with van der Waals surface area (Å²) in [6.07, 6.45) is 5.73. The van der Waals surface area contributed by atoms with Crippen LogP contribution in [0.5, 0.6) is 0 Å². The van der Waals surface area contributed by atoms with Gasteiger partial charge >= 0.3 is 5.97 Å². The van der Waals surface area contributed by atoms with Gasteiger partial charge in [0.2, 0.25) is 5.91 Å². The van der Waals surface area contributed by atoms with E-state index in [4.69, 9.17) is 4.74 Å². The molecule has 2 amide bonds. The van der Waals surface area contributed by atoms with Crippen molar-refractivity contribution < 1.29 is 19.1 Å². The summed E-state index contributed by atoms with van der Waals surface area (Å²) in [5.74, 6) is -1.27. The molecule has 1 aromatic rings. The van der Waals surface area contributed by atoms with Crippen LogP contribution in [-0.2, 0) is 19.1 Å². The van der Waals surface area contributed by atoms with Crippen LogP contribution in [0.15, 0.2) is 24.3 Å². The van der Waals surface area contributed by atoms with Crippen molar-refractivity contribution in [2.45, 2.75) is 51.5 Å². The predicted octanol–water partition coefficient (Wildman–Crippen LogP) is 2.66. The number of aryl methyl sites for hydroxylation is 1. The molecule has 2 fully saturated rings. The zero-order valence-electron chi connectivity index (χ0n) is 15.2. The van der Waals surface area contributed by atoms with Gasteiger partial charge in [0.15, 0.2) is 6.61 Å². The first-order valence-electron chi connectivity index (χ1n) is 9.36. The molecule has 0 bridgehead atoms. The van der Waals surface area contributed by atoms with Crippen molar-refractivity contribution in [2.75, 3.05) is 18.5 Å². The Bertz CT molecular complexity index is 682. The zero-order chi connectivity index (χ0) is 18.5. The Kier molecular flexibility index (Phi) is 5.91. The van der Waals surface area contributed by atoms with Crippen LogP contribution in [0.25, 0.3) is 0 Å². The molecular weight excluding hydrogens is 332 g/mol. The van der Waals surface area contributed by atoms with Gasteiger partial charge < -0.3 is 15.0 Å². The number of benzene rings is 1. The molecule has 6 nitrogen and oxygen atoms in total. The van der Waals surface area contributed by atoms with Crippen LogP contribution in [-0.4, -0.2) is 41.9 Å². The number of carbonyl (C=O) groups excluding carboxylic acids is 3. The van der Waals surface area contributed by atoms with Gasteiger partial charge in [0.25, 0.3) is 5.91 Å². The van der Waals surface area contributed by atoms with Gasteiger partial charge in [-0.2, -0.15) is 0 Å². The lowest BCUT2D eigenvalue weighted by Gasteiger charge is -2.31. The zero-order valence-corrected chi connectivity index (χ0v) is 15.2. The molecule has 140 valence electrons. The second kappa shape index (κ2) is 8.34. The minimum atomic E-state index is -0.462. The minimum absolute atomic E-state index is 0.0308. The van der Waals surface area contributed by atoms with Crippen molar-refractivity contribution in [3.63, 3.8) is 0 Å². The first-order chi connectivity index (χ1) is 12.5. The van der Waals surface area contributed by atoms with Crippen LogP contribution in [0, 0.1) is 12.8 Å². The van der Waals surface area contributed by atoms with E-state index in [1.54, 1.807) is 6.07 Å². The number of ether oxygens (including phenoxy) is 1. The Morgan fingerprint density at radius 2 is 1.92 bits per heavy atom. The maximum absolute atomic E-state index is 12.3. The SMILES string of the molecule is Cc1ccccc1NC(=O)COC(=O)[C@@H]1CC(=O)N(C2CCCCC2)C1. The molecule has 1 aromatic carbocycles. The molecule has 0 aromatic heterocycles. The van der Waals surface area contributed by atoms with Crippen LogP contribution in [0.4, 0.5) is 5.69 Å². The minimum Gasteiger partial charge on any atom is -0.455 e. The number of anilines is 1. The van der Waals surface area contributed by atoms with Gasteiger partial charge in [0, 0.05) is 24.7 Å². The summed E-state index contributed by atoms with van der Waals surface area (Å²) >= 11 is 0. The molecule has 1 aliphatic carbocycles. The maximum Gasteiger partial charge on any atom is 0.311 e. The highest BCUT2D eigenvalue weighted by Crippen LogP contribution is 2.29. The summed E-state index contributed by atoms with van der Waals surface area (Å²) < 4.78 is 5.15. The lowest BCUT2D eigenvalue weighted by atomic mass is 9.94. The molecule has 1 heterocycles. The van der Waals surface area contributed by atoms with Crippen molar-refractivity contribution in [1.29, 1.82) is 0 Å². The number of hydrogen-bond donors (Lipinski definition) is 1.